The number of halogens is 4. The zero-order valence-corrected chi connectivity index (χ0v) is 24.7. The van der Waals surface area contributed by atoms with Crippen molar-refractivity contribution in [2.75, 3.05) is 0 Å². The van der Waals surface area contributed by atoms with Crippen molar-refractivity contribution >= 4 is 78.2 Å². The van der Waals surface area contributed by atoms with Gasteiger partial charge in [0.05, 0.1) is 24.3 Å². The summed E-state index contributed by atoms with van der Waals surface area (Å²) in [4.78, 5) is 18.0. The molecule has 0 aliphatic carbocycles. The van der Waals surface area contributed by atoms with Crippen molar-refractivity contribution in [3.8, 4) is 5.75 Å². The van der Waals surface area contributed by atoms with Gasteiger partial charge < -0.3 is 4.74 Å². The highest BCUT2D eigenvalue weighted by molar-refractivity contribution is 14.1. The predicted octanol–water partition coefficient (Wildman–Crippen LogP) is 7.31. The summed E-state index contributed by atoms with van der Waals surface area (Å²) in [5.41, 5.74) is 2.21. The van der Waals surface area contributed by atoms with Crippen LogP contribution in [0.25, 0.3) is 10.9 Å². The lowest BCUT2D eigenvalue weighted by Crippen LogP contribution is -2.22. The van der Waals surface area contributed by atoms with E-state index in [1.54, 1.807) is 24.4 Å². The Labute approximate surface area is 238 Å². The molecule has 0 radical (unpaired) electrons. The third-order valence-electron chi connectivity index (χ3n) is 5.27. The van der Waals surface area contributed by atoms with Crippen molar-refractivity contribution in [1.29, 1.82) is 0 Å². The van der Waals surface area contributed by atoms with Crippen LogP contribution >= 0.6 is 61.1 Å². The summed E-state index contributed by atoms with van der Waals surface area (Å²) in [6.07, 6.45) is 4.25. The highest BCUT2D eigenvalue weighted by Gasteiger charge is 2.12. The summed E-state index contributed by atoms with van der Waals surface area (Å²) in [6, 6.07) is 15.7. The third-order valence-corrected chi connectivity index (χ3v) is 7.36. The number of benzene rings is 3. The number of aromatic nitrogens is 2. The van der Waals surface area contributed by atoms with Crippen molar-refractivity contribution in [1.82, 2.24) is 9.66 Å². The van der Waals surface area contributed by atoms with Crippen LogP contribution in [0.3, 0.4) is 0 Å². The minimum atomic E-state index is -0.271. The molecule has 0 aliphatic heterocycles. The SMILES string of the molecule is CCCCc1nc2ccc(Br)cc2c(=O)n1N=Cc1cc(I)c(OCc2ccc(F)cc2)c(I)c1. The maximum Gasteiger partial charge on any atom is 0.282 e. The number of unbranched alkanes of at least 4 members (excludes halogenated alkanes) is 1. The van der Waals surface area contributed by atoms with Gasteiger partial charge in [-0.15, -0.1) is 0 Å². The topological polar surface area (TPSA) is 56.5 Å². The Hall–Kier alpha value is -1.86. The molecule has 0 unspecified atom stereocenters. The number of hydrogen-bond donors (Lipinski definition) is 0. The maximum absolute atomic E-state index is 13.3. The normalized spacial score (nSPS) is 11.5. The molecule has 0 saturated carbocycles. The van der Waals surface area contributed by atoms with Gasteiger partial charge in [0.2, 0.25) is 0 Å². The van der Waals surface area contributed by atoms with Crippen LogP contribution in [0.4, 0.5) is 4.39 Å². The summed E-state index contributed by atoms with van der Waals surface area (Å²) >= 11 is 7.88. The number of aryl methyl sites for hydroxylation is 1. The largest absolute Gasteiger partial charge is 0.487 e. The summed E-state index contributed by atoms with van der Waals surface area (Å²) in [5.74, 6) is 1.13. The summed E-state index contributed by atoms with van der Waals surface area (Å²) in [5, 5.41) is 5.06. The van der Waals surface area contributed by atoms with Gasteiger partial charge in [-0.25, -0.2) is 9.37 Å². The Balaban J connectivity index is 1.63. The van der Waals surface area contributed by atoms with E-state index in [-0.39, 0.29) is 11.4 Å². The Bertz CT molecular complexity index is 1430. The molecule has 0 saturated heterocycles. The molecule has 3 aromatic carbocycles. The molecule has 0 N–H and O–H groups in total. The van der Waals surface area contributed by atoms with Crippen LogP contribution in [-0.4, -0.2) is 15.9 Å². The minimum Gasteiger partial charge on any atom is -0.487 e. The molecule has 180 valence electrons. The molecule has 35 heavy (non-hydrogen) atoms. The van der Waals surface area contributed by atoms with E-state index in [1.165, 1.54) is 16.8 Å². The molecular weight excluding hydrogens is 739 g/mol. The van der Waals surface area contributed by atoms with Crippen LogP contribution in [0.1, 0.15) is 36.7 Å². The van der Waals surface area contributed by atoms with Crippen LogP contribution in [0.5, 0.6) is 5.75 Å². The van der Waals surface area contributed by atoms with E-state index in [2.05, 4.69) is 73.1 Å². The zero-order chi connectivity index (χ0) is 24.9. The number of nitrogens with zero attached hydrogens (tertiary/aromatic N) is 3. The average Bonchev–Trinajstić information content (AvgIpc) is 2.83. The van der Waals surface area contributed by atoms with E-state index < -0.39 is 0 Å². The Morgan fingerprint density at radius 2 is 1.83 bits per heavy atom. The molecule has 0 spiro atoms. The zero-order valence-electron chi connectivity index (χ0n) is 18.8. The van der Waals surface area contributed by atoms with Crippen LogP contribution in [0.2, 0.25) is 0 Å². The van der Waals surface area contributed by atoms with E-state index in [1.807, 2.05) is 24.3 Å². The minimum absolute atomic E-state index is 0.192. The second kappa shape index (κ2) is 11.9. The van der Waals surface area contributed by atoms with Gasteiger partial charge in [0.25, 0.3) is 5.56 Å². The molecule has 9 heteroatoms. The highest BCUT2D eigenvalue weighted by Crippen LogP contribution is 2.29. The molecule has 1 aromatic heterocycles. The van der Waals surface area contributed by atoms with Crippen LogP contribution in [-0.2, 0) is 13.0 Å². The molecular formula is C26H21BrFI2N3O2. The van der Waals surface area contributed by atoms with Crippen molar-refractivity contribution < 1.29 is 9.13 Å². The van der Waals surface area contributed by atoms with Crippen LogP contribution in [0.15, 0.2) is 69.0 Å². The van der Waals surface area contributed by atoms with Gasteiger partial charge in [-0.2, -0.15) is 9.78 Å². The van der Waals surface area contributed by atoms with Crippen molar-refractivity contribution in [3.63, 3.8) is 0 Å². The third kappa shape index (κ3) is 6.48. The van der Waals surface area contributed by atoms with Gasteiger partial charge in [0.1, 0.15) is 24.0 Å². The molecule has 0 atom stereocenters. The monoisotopic (exact) mass is 759 g/mol. The lowest BCUT2D eigenvalue weighted by Gasteiger charge is -2.12. The Morgan fingerprint density at radius 3 is 2.51 bits per heavy atom. The molecule has 5 nitrogen and oxygen atoms in total. The molecule has 0 bridgehead atoms. The fraction of sp³-hybridized carbons (Fsp3) is 0.192. The van der Waals surface area contributed by atoms with Gasteiger partial charge >= 0.3 is 0 Å². The summed E-state index contributed by atoms with van der Waals surface area (Å²) < 4.78 is 23.2. The number of rotatable bonds is 8. The Morgan fingerprint density at radius 1 is 1.11 bits per heavy atom. The maximum atomic E-state index is 13.3. The van der Waals surface area contributed by atoms with E-state index in [4.69, 9.17) is 9.72 Å². The molecule has 0 fully saturated rings. The van der Waals surface area contributed by atoms with Crippen LogP contribution < -0.4 is 10.3 Å². The summed E-state index contributed by atoms with van der Waals surface area (Å²) in [6.45, 7) is 2.45. The standard InChI is InChI=1S/C26H21BrFI2N3O2/c1-2-3-4-24-32-23-10-7-18(27)13-20(23)26(34)33(24)31-14-17-11-21(29)25(22(30)12-17)35-15-16-5-8-19(28)9-6-16/h5-14H,2-4,15H2,1H3. The second-order valence-electron chi connectivity index (χ2n) is 7.88. The highest BCUT2D eigenvalue weighted by atomic mass is 127. The number of hydrogen-bond acceptors (Lipinski definition) is 4. The van der Waals surface area contributed by atoms with E-state index in [0.29, 0.717) is 29.8 Å². The number of fused-ring (bicyclic) bond motifs is 1. The van der Waals surface area contributed by atoms with E-state index >= 15 is 0 Å². The smallest absolute Gasteiger partial charge is 0.282 e. The quantitative estimate of drug-likeness (QED) is 0.140. The predicted molar refractivity (Wildman–Crippen MR) is 158 cm³/mol. The van der Waals surface area contributed by atoms with Gasteiger partial charge in [0, 0.05) is 10.9 Å². The van der Waals surface area contributed by atoms with Gasteiger partial charge in [-0.05, 0) is 105 Å². The van der Waals surface area contributed by atoms with Crippen molar-refractivity contribution in [2.45, 2.75) is 32.8 Å². The second-order valence-corrected chi connectivity index (χ2v) is 11.1. The molecule has 4 rings (SSSR count). The molecule has 0 aliphatic rings. The molecule has 4 aromatic rings. The first-order chi connectivity index (χ1) is 16.9. The first kappa shape index (κ1) is 26.2. The van der Waals surface area contributed by atoms with Gasteiger partial charge in [-0.3, -0.25) is 4.79 Å². The fourth-order valence-corrected chi connectivity index (χ4v) is 5.95. The lowest BCUT2D eigenvalue weighted by molar-refractivity contribution is 0.301. The van der Waals surface area contributed by atoms with Gasteiger partial charge in [-0.1, -0.05) is 41.4 Å². The number of ether oxygens (including phenoxy) is 1. The van der Waals surface area contributed by atoms with E-state index in [9.17, 15) is 9.18 Å². The van der Waals surface area contributed by atoms with E-state index in [0.717, 1.165) is 41.3 Å². The van der Waals surface area contributed by atoms with Crippen molar-refractivity contribution in [2.24, 2.45) is 5.10 Å². The fourth-order valence-electron chi connectivity index (χ4n) is 3.46. The summed E-state index contributed by atoms with van der Waals surface area (Å²) in [7, 11) is 0. The molecule has 1 heterocycles. The average molecular weight is 760 g/mol. The Kier molecular flexibility index (Phi) is 8.92. The van der Waals surface area contributed by atoms with Gasteiger partial charge in [0.15, 0.2) is 0 Å². The first-order valence-corrected chi connectivity index (χ1v) is 13.9. The van der Waals surface area contributed by atoms with Crippen molar-refractivity contribution in [3.05, 3.63) is 99.3 Å². The lowest BCUT2D eigenvalue weighted by atomic mass is 10.2. The first-order valence-electron chi connectivity index (χ1n) is 11.0. The molecule has 0 amide bonds. The van der Waals surface area contributed by atoms with Crippen LogP contribution in [0, 0.1) is 13.0 Å².